The minimum Gasteiger partial charge on any atom is -0.347 e. The van der Waals surface area contributed by atoms with E-state index in [1.54, 1.807) is 11.3 Å². The van der Waals surface area contributed by atoms with Gasteiger partial charge in [0.2, 0.25) is 11.8 Å². The van der Waals surface area contributed by atoms with Gasteiger partial charge in [-0.05, 0) is 37.8 Å². The first-order valence-corrected chi connectivity index (χ1v) is 10.5. The number of nitrogens with zero attached hydrogens (tertiary/aromatic N) is 2. The lowest BCUT2D eigenvalue weighted by molar-refractivity contribution is -0.134. The third-order valence-corrected chi connectivity index (χ3v) is 6.70. The normalized spacial score (nSPS) is 21.2. The summed E-state index contributed by atoms with van der Waals surface area (Å²) in [5.41, 5.74) is 0.998. The van der Waals surface area contributed by atoms with Gasteiger partial charge in [-0.15, -0.1) is 11.3 Å². The molecule has 0 bridgehead atoms. The lowest BCUT2D eigenvalue weighted by Gasteiger charge is -2.24. The number of fused-ring (bicyclic) bond motifs is 1. The van der Waals surface area contributed by atoms with Crippen molar-refractivity contribution in [3.05, 3.63) is 29.3 Å². The summed E-state index contributed by atoms with van der Waals surface area (Å²) in [6, 6.07) is 8.14. The maximum Gasteiger partial charge on any atom is 0.242 e. The molecule has 0 spiro atoms. The van der Waals surface area contributed by atoms with Crippen LogP contribution in [-0.2, 0) is 9.59 Å². The largest absolute Gasteiger partial charge is 0.347 e. The third kappa shape index (κ3) is 3.61. The minimum atomic E-state index is 0.0101. The molecule has 2 heterocycles. The number of likely N-dealkylation sites (tertiary alicyclic amines) is 1. The maximum absolute atomic E-state index is 12.7. The number of aromatic nitrogens is 1. The predicted molar refractivity (Wildman–Crippen MR) is 103 cm³/mol. The number of carbonyl (C=O) groups is 2. The van der Waals surface area contributed by atoms with Crippen molar-refractivity contribution in [3.8, 4) is 0 Å². The van der Waals surface area contributed by atoms with Crippen LogP contribution in [0.3, 0.4) is 0 Å². The van der Waals surface area contributed by atoms with Crippen LogP contribution in [0, 0.1) is 5.92 Å². The molecule has 26 heavy (non-hydrogen) atoms. The van der Waals surface area contributed by atoms with Crippen molar-refractivity contribution in [2.75, 3.05) is 13.1 Å². The van der Waals surface area contributed by atoms with Gasteiger partial charge in [-0.25, -0.2) is 4.98 Å². The fourth-order valence-electron chi connectivity index (χ4n) is 4.13. The van der Waals surface area contributed by atoms with Gasteiger partial charge in [-0.1, -0.05) is 31.4 Å². The highest BCUT2D eigenvalue weighted by Gasteiger charge is 2.32. The van der Waals surface area contributed by atoms with E-state index >= 15 is 0 Å². The van der Waals surface area contributed by atoms with E-state index in [4.69, 9.17) is 4.98 Å². The topological polar surface area (TPSA) is 62.3 Å². The summed E-state index contributed by atoms with van der Waals surface area (Å²) < 4.78 is 1.16. The average Bonchev–Trinajstić information content (AvgIpc) is 3.32. The number of benzene rings is 1. The Morgan fingerprint density at radius 3 is 2.73 bits per heavy atom. The standard InChI is InChI=1S/C20H25N3O2S/c24-18(13-21-19(25)14-7-2-1-3-8-14)23-12-6-10-16(23)20-22-15-9-4-5-11-17(15)26-20/h4-5,9,11,14,16H,1-3,6-8,10,12-13H2,(H,21,25)/t16-/m1/s1. The predicted octanol–water partition coefficient (Wildman–Crippen LogP) is 3.66. The van der Waals surface area contributed by atoms with E-state index in [2.05, 4.69) is 11.4 Å². The summed E-state index contributed by atoms with van der Waals surface area (Å²) in [5, 5.41) is 3.89. The summed E-state index contributed by atoms with van der Waals surface area (Å²) in [7, 11) is 0. The van der Waals surface area contributed by atoms with Crippen LogP contribution in [-0.4, -0.2) is 34.8 Å². The summed E-state index contributed by atoms with van der Waals surface area (Å²) in [6.07, 6.45) is 7.32. The maximum atomic E-state index is 12.7. The third-order valence-electron chi connectivity index (χ3n) is 5.56. The molecule has 138 valence electrons. The van der Waals surface area contributed by atoms with Crippen molar-refractivity contribution < 1.29 is 9.59 Å². The molecule has 1 aliphatic carbocycles. The summed E-state index contributed by atoms with van der Waals surface area (Å²) in [6.45, 7) is 0.857. The molecule has 2 aliphatic rings. The Morgan fingerprint density at radius 2 is 1.92 bits per heavy atom. The SMILES string of the molecule is O=C(NCC(=O)N1CCC[C@@H]1c1nc2ccccc2s1)C1CCCCC1. The second-order valence-corrected chi connectivity index (χ2v) is 8.38. The molecule has 1 saturated carbocycles. The first-order valence-electron chi connectivity index (χ1n) is 9.65. The lowest BCUT2D eigenvalue weighted by Crippen LogP contribution is -2.42. The Hall–Kier alpha value is -1.95. The van der Waals surface area contributed by atoms with Crippen molar-refractivity contribution in [3.63, 3.8) is 0 Å². The van der Waals surface area contributed by atoms with Crippen LogP contribution in [0.2, 0.25) is 0 Å². The summed E-state index contributed by atoms with van der Waals surface area (Å²) in [4.78, 5) is 31.6. The van der Waals surface area contributed by atoms with E-state index in [9.17, 15) is 9.59 Å². The number of rotatable bonds is 4. The zero-order valence-electron chi connectivity index (χ0n) is 14.9. The van der Waals surface area contributed by atoms with E-state index in [1.807, 2.05) is 23.1 Å². The number of hydrogen-bond acceptors (Lipinski definition) is 4. The zero-order chi connectivity index (χ0) is 17.9. The molecule has 0 radical (unpaired) electrons. The molecule has 1 aromatic carbocycles. The van der Waals surface area contributed by atoms with Gasteiger partial charge >= 0.3 is 0 Å². The Bertz CT molecular complexity index is 764. The highest BCUT2D eigenvalue weighted by Crippen LogP contribution is 2.36. The number of carbonyl (C=O) groups excluding carboxylic acids is 2. The lowest BCUT2D eigenvalue weighted by atomic mass is 9.89. The van der Waals surface area contributed by atoms with E-state index in [0.29, 0.717) is 0 Å². The van der Waals surface area contributed by atoms with Crippen LogP contribution in [0.5, 0.6) is 0 Å². The number of para-hydroxylation sites is 1. The Morgan fingerprint density at radius 1 is 1.12 bits per heavy atom. The number of amides is 2. The molecule has 1 aliphatic heterocycles. The van der Waals surface area contributed by atoms with Gasteiger partial charge in [0.25, 0.3) is 0 Å². The van der Waals surface area contributed by atoms with E-state index < -0.39 is 0 Å². The first kappa shape index (κ1) is 17.5. The van der Waals surface area contributed by atoms with Crippen LogP contribution in [0.25, 0.3) is 10.2 Å². The molecule has 2 fully saturated rings. The van der Waals surface area contributed by atoms with Crippen LogP contribution in [0.1, 0.15) is 56.0 Å². The molecule has 1 atom stereocenters. The van der Waals surface area contributed by atoms with Gasteiger partial charge in [-0.3, -0.25) is 9.59 Å². The van der Waals surface area contributed by atoms with E-state index in [-0.39, 0.29) is 30.3 Å². The molecular weight excluding hydrogens is 346 g/mol. The van der Waals surface area contributed by atoms with Crippen LogP contribution < -0.4 is 5.32 Å². The van der Waals surface area contributed by atoms with Crippen LogP contribution >= 0.6 is 11.3 Å². The average molecular weight is 372 g/mol. The van der Waals surface area contributed by atoms with Gasteiger partial charge < -0.3 is 10.2 Å². The summed E-state index contributed by atoms with van der Waals surface area (Å²) in [5.74, 6) is 0.153. The smallest absolute Gasteiger partial charge is 0.242 e. The Kier molecular flexibility index (Phi) is 5.20. The Labute approximate surface area is 157 Å². The van der Waals surface area contributed by atoms with E-state index in [0.717, 1.165) is 60.3 Å². The van der Waals surface area contributed by atoms with Crippen molar-refractivity contribution in [2.45, 2.75) is 51.0 Å². The molecule has 6 heteroatoms. The van der Waals surface area contributed by atoms with Crippen molar-refractivity contribution in [1.82, 2.24) is 15.2 Å². The van der Waals surface area contributed by atoms with Crippen molar-refractivity contribution in [2.24, 2.45) is 5.92 Å². The number of hydrogen-bond donors (Lipinski definition) is 1. The molecule has 2 amide bonds. The summed E-state index contributed by atoms with van der Waals surface area (Å²) >= 11 is 1.67. The monoisotopic (exact) mass is 371 g/mol. The number of thiazole rings is 1. The molecule has 4 rings (SSSR count). The molecule has 1 saturated heterocycles. The molecule has 0 unspecified atom stereocenters. The fourth-order valence-corrected chi connectivity index (χ4v) is 5.24. The van der Waals surface area contributed by atoms with Gasteiger partial charge in [0, 0.05) is 12.5 Å². The highest BCUT2D eigenvalue weighted by molar-refractivity contribution is 7.18. The van der Waals surface area contributed by atoms with Crippen molar-refractivity contribution >= 4 is 33.4 Å². The van der Waals surface area contributed by atoms with E-state index in [1.165, 1.54) is 6.42 Å². The molecular formula is C20H25N3O2S. The highest BCUT2D eigenvalue weighted by atomic mass is 32.1. The Balaban J connectivity index is 1.39. The van der Waals surface area contributed by atoms with Gasteiger partial charge in [0.15, 0.2) is 0 Å². The zero-order valence-corrected chi connectivity index (χ0v) is 15.8. The second kappa shape index (κ2) is 7.74. The van der Waals surface area contributed by atoms with Crippen LogP contribution in [0.4, 0.5) is 0 Å². The van der Waals surface area contributed by atoms with Gasteiger partial charge in [-0.2, -0.15) is 0 Å². The van der Waals surface area contributed by atoms with Gasteiger partial charge in [0.1, 0.15) is 5.01 Å². The quantitative estimate of drug-likeness (QED) is 0.892. The minimum absolute atomic E-state index is 0.0101. The fraction of sp³-hybridized carbons (Fsp3) is 0.550. The first-order chi connectivity index (χ1) is 12.7. The molecule has 2 aromatic rings. The van der Waals surface area contributed by atoms with Gasteiger partial charge in [0.05, 0.1) is 22.8 Å². The molecule has 1 N–H and O–H groups in total. The second-order valence-electron chi connectivity index (χ2n) is 7.32. The molecule has 1 aromatic heterocycles. The van der Waals surface area contributed by atoms with Crippen LogP contribution in [0.15, 0.2) is 24.3 Å². The molecule has 5 nitrogen and oxygen atoms in total. The van der Waals surface area contributed by atoms with Crippen molar-refractivity contribution in [1.29, 1.82) is 0 Å². The number of nitrogens with one attached hydrogen (secondary N) is 1.